The lowest BCUT2D eigenvalue weighted by Gasteiger charge is -2.06. The number of amides is 1. The number of halogens is 1. The number of nitrogens with one attached hydrogen (secondary N) is 1. The van der Waals surface area contributed by atoms with Gasteiger partial charge in [0.2, 0.25) is 5.91 Å². The highest BCUT2D eigenvalue weighted by Gasteiger charge is 2.54. The lowest BCUT2D eigenvalue weighted by atomic mass is 10.0. The van der Waals surface area contributed by atoms with Crippen molar-refractivity contribution in [3.63, 3.8) is 0 Å². The summed E-state index contributed by atoms with van der Waals surface area (Å²) in [7, 11) is 0. The highest BCUT2D eigenvalue weighted by molar-refractivity contribution is 6.33. The highest BCUT2D eigenvalue weighted by atomic mass is 35.5. The summed E-state index contributed by atoms with van der Waals surface area (Å²) in [5.41, 5.74) is 0.610. The molecule has 106 valence electrons. The van der Waals surface area contributed by atoms with E-state index in [9.17, 15) is 9.59 Å². The van der Waals surface area contributed by atoms with Crippen LogP contribution in [-0.4, -0.2) is 17.0 Å². The predicted molar refractivity (Wildman–Crippen MR) is 76.0 cm³/mol. The Morgan fingerprint density at radius 3 is 2.40 bits per heavy atom. The molecule has 1 aromatic carbocycles. The number of anilines is 1. The first-order valence-corrected chi connectivity index (χ1v) is 7.29. The molecule has 2 saturated carbocycles. The topological polar surface area (TPSA) is 66.4 Å². The summed E-state index contributed by atoms with van der Waals surface area (Å²) in [5.74, 6) is 0.215. The van der Waals surface area contributed by atoms with Crippen molar-refractivity contribution in [1.82, 2.24) is 0 Å². The van der Waals surface area contributed by atoms with E-state index in [1.165, 1.54) is 25.0 Å². The Labute approximate surface area is 122 Å². The van der Waals surface area contributed by atoms with Gasteiger partial charge in [0, 0.05) is 11.6 Å². The molecule has 0 aliphatic heterocycles. The zero-order chi connectivity index (χ0) is 14.3. The average molecular weight is 294 g/mol. The van der Waals surface area contributed by atoms with Crippen LogP contribution in [0.25, 0.3) is 0 Å². The van der Waals surface area contributed by atoms with Gasteiger partial charge in [-0.25, -0.2) is 4.79 Å². The van der Waals surface area contributed by atoms with E-state index in [4.69, 9.17) is 16.7 Å². The minimum absolute atomic E-state index is 0.0426. The Balaban J connectivity index is 1.68. The number of carbonyl (C=O) groups excluding carboxylic acids is 1. The van der Waals surface area contributed by atoms with Gasteiger partial charge in [0.1, 0.15) is 0 Å². The largest absolute Gasteiger partial charge is 0.478 e. The highest BCUT2D eigenvalue weighted by Crippen LogP contribution is 2.55. The first-order valence-electron chi connectivity index (χ1n) is 6.91. The van der Waals surface area contributed by atoms with E-state index in [1.807, 2.05) is 0 Å². The Morgan fingerprint density at radius 2 is 1.85 bits per heavy atom. The van der Waals surface area contributed by atoms with E-state index in [2.05, 4.69) is 5.32 Å². The Kier molecular flexibility index (Phi) is 3.42. The van der Waals surface area contributed by atoms with Gasteiger partial charge in [0.15, 0.2) is 0 Å². The van der Waals surface area contributed by atoms with Crippen LogP contribution < -0.4 is 5.32 Å². The van der Waals surface area contributed by atoms with Crippen LogP contribution in [0.15, 0.2) is 18.2 Å². The fraction of sp³-hybridized carbons (Fsp3) is 0.467. The first-order chi connectivity index (χ1) is 9.58. The first kappa shape index (κ1) is 13.4. The van der Waals surface area contributed by atoms with E-state index in [0.717, 1.165) is 12.8 Å². The van der Waals surface area contributed by atoms with Crippen LogP contribution in [-0.2, 0) is 4.79 Å². The molecule has 2 aliphatic carbocycles. The lowest BCUT2D eigenvalue weighted by Crippen LogP contribution is -2.15. The molecule has 4 nitrogen and oxygen atoms in total. The number of carbonyl (C=O) groups is 2. The molecule has 0 heterocycles. The second kappa shape index (κ2) is 5.09. The second-order valence-electron chi connectivity index (χ2n) is 5.63. The van der Waals surface area contributed by atoms with Gasteiger partial charge >= 0.3 is 5.97 Å². The molecule has 1 aromatic rings. The summed E-state index contributed by atoms with van der Waals surface area (Å²) in [6.45, 7) is 0. The Morgan fingerprint density at radius 1 is 1.20 bits per heavy atom. The monoisotopic (exact) mass is 293 g/mol. The maximum absolute atomic E-state index is 12.2. The van der Waals surface area contributed by atoms with Gasteiger partial charge in [-0.2, -0.15) is 0 Å². The smallest absolute Gasteiger partial charge is 0.337 e. The molecule has 5 heteroatoms. The van der Waals surface area contributed by atoms with E-state index < -0.39 is 5.97 Å². The minimum atomic E-state index is -1.07. The molecule has 0 radical (unpaired) electrons. The second-order valence-corrected chi connectivity index (χ2v) is 6.03. The molecule has 0 spiro atoms. The maximum Gasteiger partial charge on any atom is 0.337 e. The molecule has 2 N–H and O–H groups in total. The molecule has 2 unspecified atom stereocenters. The number of hydrogen-bond acceptors (Lipinski definition) is 2. The SMILES string of the molecule is O=C(O)c1ccc(NC(=O)C2C3CCCCC32)cc1Cl. The van der Waals surface area contributed by atoms with Crippen molar-refractivity contribution in [2.75, 3.05) is 5.32 Å². The van der Waals surface area contributed by atoms with Gasteiger partial charge in [-0.1, -0.05) is 24.4 Å². The number of carboxylic acids is 1. The number of rotatable bonds is 3. The Hall–Kier alpha value is -1.55. The van der Waals surface area contributed by atoms with Gasteiger partial charge < -0.3 is 10.4 Å². The van der Waals surface area contributed by atoms with Crippen LogP contribution in [0.2, 0.25) is 5.02 Å². The fourth-order valence-corrected chi connectivity index (χ4v) is 3.63. The minimum Gasteiger partial charge on any atom is -0.478 e. The third kappa shape index (κ3) is 2.40. The van der Waals surface area contributed by atoms with Gasteiger partial charge in [-0.05, 0) is 42.9 Å². The quantitative estimate of drug-likeness (QED) is 0.897. The van der Waals surface area contributed by atoms with Crippen molar-refractivity contribution in [2.45, 2.75) is 25.7 Å². The lowest BCUT2D eigenvalue weighted by molar-refractivity contribution is -0.117. The van der Waals surface area contributed by atoms with Crippen LogP contribution in [0, 0.1) is 17.8 Å². The van der Waals surface area contributed by atoms with Crippen LogP contribution in [0.5, 0.6) is 0 Å². The number of benzene rings is 1. The van der Waals surface area contributed by atoms with Crippen LogP contribution >= 0.6 is 11.6 Å². The zero-order valence-corrected chi connectivity index (χ0v) is 11.7. The fourth-order valence-electron chi connectivity index (χ4n) is 3.37. The molecule has 2 fully saturated rings. The third-order valence-corrected chi connectivity index (χ3v) is 4.74. The van der Waals surface area contributed by atoms with Crippen molar-refractivity contribution in [3.8, 4) is 0 Å². The van der Waals surface area contributed by atoms with Crippen molar-refractivity contribution in [1.29, 1.82) is 0 Å². The molecular formula is C15H16ClNO3. The van der Waals surface area contributed by atoms with E-state index >= 15 is 0 Å². The van der Waals surface area contributed by atoms with Gasteiger partial charge in [0.25, 0.3) is 0 Å². The summed E-state index contributed by atoms with van der Waals surface area (Å²) < 4.78 is 0. The van der Waals surface area contributed by atoms with Crippen molar-refractivity contribution < 1.29 is 14.7 Å². The maximum atomic E-state index is 12.2. The molecule has 20 heavy (non-hydrogen) atoms. The standard InChI is InChI=1S/C15H16ClNO3/c16-12-7-8(5-6-11(12)15(19)20)17-14(18)13-9-3-1-2-4-10(9)13/h5-7,9-10,13H,1-4H2,(H,17,18)(H,19,20). The van der Waals surface area contributed by atoms with Gasteiger partial charge in [-0.15, -0.1) is 0 Å². The number of hydrogen-bond donors (Lipinski definition) is 2. The molecule has 2 aliphatic rings. The predicted octanol–water partition coefficient (Wildman–Crippen LogP) is 3.41. The van der Waals surface area contributed by atoms with Crippen LogP contribution in [0.4, 0.5) is 5.69 Å². The molecule has 0 aromatic heterocycles. The number of aromatic carboxylic acids is 1. The number of fused-ring (bicyclic) bond motifs is 1. The summed E-state index contributed by atoms with van der Waals surface area (Å²) in [6.07, 6.45) is 4.76. The average Bonchev–Trinajstić information content (AvgIpc) is 3.12. The molecular weight excluding hydrogens is 278 g/mol. The third-order valence-electron chi connectivity index (χ3n) is 4.43. The molecule has 2 atom stereocenters. The summed E-state index contributed by atoms with van der Waals surface area (Å²) >= 11 is 5.89. The molecule has 0 bridgehead atoms. The molecule has 3 rings (SSSR count). The summed E-state index contributed by atoms with van der Waals surface area (Å²) in [4.78, 5) is 23.1. The van der Waals surface area contributed by atoms with E-state index in [1.54, 1.807) is 6.07 Å². The molecule has 0 saturated heterocycles. The Bertz CT molecular complexity index is 560. The normalized spacial score (nSPS) is 27.6. The van der Waals surface area contributed by atoms with Crippen molar-refractivity contribution >= 4 is 29.2 Å². The van der Waals surface area contributed by atoms with E-state index in [-0.39, 0.29) is 22.4 Å². The van der Waals surface area contributed by atoms with Gasteiger partial charge in [-0.3, -0.25) is 4.79 Å². The summed E-state index contributed by atoms with van der Waals surface area (Å²) in [5, 5.41) is 11.9. The van der Waals surface area contributed by atoms with Crippen LogP contribution in [0.3, 0.4) is 0 Å². The van der Waals surface area contributed by atoms with E-state index in [0.29, 0.717) is 17.5 Å². The van der Waals surface area contributed by atoms with Crippen molar-refractivity contribution in [2.24, 2.45) is 17.8 Å². The zero-order valence-electron chi connectivity index (χ0n) is 10.9. The van der Waals surface area contributed by atoms with Crippen molar-refractivity contribution in [3.05, 3.63) is 28.8 Å². The van der Waals surface area contributed by atoms with Crippen LogP contribution in [0.1, 0.15) is 36.0 Å². The van der Waals surface area contributed by atoms with Gasteiger partial charge in [0.05, 0.1) is 10.6 Å². The number of carboxylic acid groups (broad SMARTS) is 1. The summed E-state index contributed by atoms with van der Waals surface area (Å²) in [6, 6.07) is 4.49. The molecule has 1 amide bonds.